The van der Waals surface area contributed by atoms with E-state index in [4.69, 9.17) is 0 Å². The van der Waals surface area contributed by atoms with Gasteiger partial charge in [0, 0.05) is 24.4 Å². The monoisotopic (exact) mass is 454 g/mol. The first-order valence-electron chi connectivity index (χ1n) is 12.3. The predicted octanol–water partition coefficient (Wildman–Crippen LogP) is 5.70. The summed E-state index contributed by atoms with van der Waals surface area (Å²) in [6, 6.07) is 8.10. The fourth-order valence-corrected chi connectivity index (χ4v) is 6.02. The van der Waals surface area contributed by atoms with Gasteiger partial charge in [0.25, 0.3) is 0 Å². The number of hydrogen-bond donors (Lipinski definition) is 3. The lowest BCUT2D eigenvalue weighted by molar-refractivity contribution is -0.130. The number of hydrogen-bond acceptors (Lipinski definition) is 4. The summed E-state index contributed by atoms with van der Waals surface area (Å²) in [5.41, 5.74) is 0.470. The maximum Gasteiger partial charge on any atom is 0.228 e. The van der Waals surface area contributed by atoms with Gasteiger partial charge in [0.15, 0.2) is 17.3 Å². The number of pyridine rings is 1. The summed E-state index contributed by atoms with van der Waals surface area (Å²) in [7, 11) is 0. The minimum absolute atomic E-state index is 0.00629. The van der Waals surface area contributed by atoms with Gasteiger partial charge in [-0.25, -0.2) is 8.78 Å². The molecular weight excluding hydrogens is 422 g/mol. The Labute approximate surface area is 193 Å². The highest BCUT2D eigenvalue weighted by atomic mass is 19.2. The number of rotatable bonds is 5. The molecule has 5 rings (SSSR count). The molecule has 5 nitrogen and oxygen atoms in total. The number of fused-ring (bicyclic) bond motifs is 1. The van der Waals surface area contributed by atoms with Crippen molar-refractivity contribution < 1.29 is 13.6 Å². The molecule has 1 amide bonds. The van der Waals surface area contributed by atoms with Gasteiger partial charge in [-0.05, 0) is 43.7 Å². The van der Waals surface area contributed by atoms with Crippen molar-refractivity contribution in [2.24, 2.45) is 11.8 Å². The van der Waals surface area contributed by atoms with E-state index in [-0.39, 0.29) is 17.9 Å². The Kier molecular flexibility index (Phi) is 6.21. The number of halogens is 2. The average molecular weight is 455 g/mol. The second kappa shape index (κ2) is 9.27. The highest BCUT2D eigenvalue weighted by Gasteiger charge is 2.53. The summed E-state index contributed by atoms with van der Waals surface area (Å²) in [6.07, 6.45) is 12.4. The molecule has 1 unspecified atom stereocenters. The first-order valence-corrected chi connectivity index (χ1v) is 12.3. The highest BCUT2D eigenvalue weighted by Crippen LogP contribution is 2.48. The summed E-state index contributed by atoms with van der Waals surface area (Å²) in [5.74, 6) is -2.18. The lowest BCUT2D eigenvalue weighted by Crippen LogP contribution is -2.57. The van der Waals surface area contributed by atoms with E-state index < -0.39 is 23.2 Å². The van der Waals surface area contributed by atoms with Crippen LogP contribution < -0.4 is 16.0 Å². The Balaban J connectivity index is 1.57. The van der Waals surface area contributed by atoms with Crippen LogP contribution in [-0.4, -0.2) is 16.9 Å². The molecule has 2 fully saturated rings. The predicted molar refractivity (Wildman–Crippen MR) is 125 cm³/mol. The smallest absolute Gasteiger partial charge is 0.228 e. The van der Waals surface area contributed by atoms with Crippen LogP contribution in [0.3, 0.4) is 0 Å². The van der Waals surface area contributed by atoms with Crippen LogP contribution >= 0.6 is 0 Å². The molecule has 2 saturated carbocycles. The molecule has 33 heavy (non-hydrogen) atoms. The van der Waals surface area contributed by atoms with Gasteiger partial charge in [0.1, 0.15) is 0 Å². The molecule has 7 heteroatoms. The van der Waals surface area contributed by atoms with E-state index in [9.17, 15) is 13.6 Å². The van der Waals surface area contributed by atoms with E-state index >= 15 is 0 Å². The summed E-state index contributed by atoms with van der Waals surface area (Å²) < 4.78 is 28.2. The lowest BCUT2D eigenvalue weighted by Gasteiger charge is -2.43. The van der Waals surface area contributed by atoms with Crippen molar-refractivity contribution in [2.75, 3.05) is 10.6 Å². The van der Waals surface area contributed by atoms with E-state index in [1.807, 2.05) is 18.2 Å². The van der Waals surface area contributed by atoms with Gasteiger partial charge in [-0.1, -0.05) is 44.6 Å². The zero-order valence-corrected chi connectivity index (χ0v) is 18.9. The number of carbonyl (C=O) groups excluding carboxylic acids is 1. The van der Waals surface area contributed by atoms with E-state index in [1.54, 1.807) is 6.20 Å². The maximum absolute atomic E-state index is 14.1. The molecule has 0 bridgehead atoms. The van der Waals surface area contributed by atoms with Gasteiger partial charge in [-0.3, -0.25) is 9.78 Å². The van der Waals surface area contributed by atoms with Crippen molar-refractivity contribution in [2.45, 2.75) is 75.9 Å². The first kappa shape index (κ1) is 22.1. The Bertz CT molecular complexity index is 956. The third kappa shape index (κ3) is 4.30. The van der Waals surface area contributed by atoms with E-state index in [1.165, 1.54) is 25.0 Å². The van der Waals surface area contributed by atoms with Crippen LogP contribution in [0, 0.1) is 23.5 Å². The fourth-order valence-electron chi connectivity index (χ4n) is 6.02. The van der Waals surface area contributed by atoms with Gasteiger partial charge in [-0.15, -0.1) is 0 Å². The van der Waals surface area contributed by atoms with Gasteiger partial charge in [0.2, 0.25) is 5.91 Å². The standard InChI is InChI=1S/C26H32F2N4O/c27-19-15-21-22(16-20(19)28)32-26(31-21,23-13-7-8-14-29-23)24(17-9-3-1-4-10-17)25(33)30-18-11-5-2-6-12-18/h7-8,13-18,24,31-32H,1-6,9-12H2,(H,30,33). The average Bonchev–Trinajstić information content (AvgIpc) is 3.20. The first-order chi connectivity index (χ1) is 16.1. The zero-order valence-electron chi connectivity index (χ0n) is 18.9. The van der Waals surface area contributed by atoms with Crippen molar-refractivity contribution >= 4 is 17.3 Å². The normalized spacial score (nSPS) is 21.5. The Morgan fingerprint density at radius 3 is 2.12 bits per heavy atom. The molecule has 2 aliphatic carbocycles. The molecular formula is C26H32F2N4O. The highest BCUT2D eigenvalue weighted by molar-refractivity contribution is 5.86. The molecule has 176 valence electrons. The minimum atomic E-state index is -1.08. The van der Waals surface area contributed by atoms with Crippen molar-refractivity contribution in [3.63, 3.8) is 0 Å². The van der Waals surface area contributed by atoms with E-state index in [2.05, 4.69) is 20.9 Å². The topological polar surface area (TPSA) is 66.0 Å². The number of anilines is 2. The molecule has 1 aliphatic heterocycles. The molecule has 1 atom stereocenters. The van der Waals surface area contributed by atoms with Crippen LogP contribution in [0.25, 0.3) is 0 Å². The number of nitrogens with zero attached hydrogens (tertiary/aromatic N) is 1. The Morgan fingerprint density at radius 1 is 0.939 bits per heavy atom. The second-order valence-electron chi connectivity index (χ2n) is 9.80. The number of carbonyl (C=O) groups is 1. The fraction of sp³-hybridized carbons (Fsp3) is 0.538. The van der Waals surface area contributed by atoms with Crippen molar-refractivity contribution in [1.82, 2.24) is 10.3 Å². The van der Waals surface area contributed by atoms with Crippen LogP contribution in [0.4, 0.5) is 20.2 Å². The third-order valence-electron chi connectivity index (χ3n) is 7.61. The van der Waals surface area contributed by atoms with Crippen molar-refractivity contribution in [1.29, 1.82) is 0 Å². The summed E-state index contributed by atoms with van der Waals surface area (Å²) in [4.78, 5) is 18.6. The Morgan fingerprint density at radius 2 is 1.55 bits per heavy atom. The number of amides is 1. The van der Waals surface area contributed by atoms with Crippen LogP contribution in [0.2, 0.25) is 0 Å². The SMILES string of the molecule is O=C(NC1CCCCC1)C(C1CCCCC1)C1(c2ccccn2)Nc2cc(F)c(F)cc2N1. The van der Waals surface area contributed by atoms with Crippen LogP contribution in [0.5, 0.6) is 0 Å². The third-order valence-corrected chi connectivity index (χ3v) is 7.61. The number of aromatic nitrogens is 1. The molecule has 2 heterocycles. The molecule has 0 saturated heterocycles. The summed E-state index contributed by atoms with van der Waals surface area (Å²) in [5, 5.41) is 10.2. The van der Waals surface area contributed by atoms with Crippen LogP contribution in [0.15, 0.2) is 36.5 Å². The molecule has 1 aromatic carbocycles. The minimum Gasteiger partial charge on any atom is -0.355 e. The quantitative estimate of drug-likeness (QED) is 0.543. The molecule has 3 aliphatic rings. The zero-order chi connectivity index (χ0) is 22.8. The number of nitrogens with one attached hydrogen (secondary N) is 3. The Hall–Kier alpha value is -2.70. The van der Waals surface area contributed by atoms with Crippen molar-refractivity contribution in [3.05, 3.63) is 53.9 Å². The van der Waals surface area contributed by atoms with Gasteiger partial charge >= 0.3 is 0 Å². The lowest BCUT2D eigenvalue weighted by atomic mass is 9.72. The molecule has 0 radical (unpaired) electrons. The van der Waals surface area contributed by atoms with Crippen molar-refractivity contribution in [3.8, 4) is 0 Å². The second-order valence-corrected chi connectivity index (χ2v) is 9.80. The summed E-state index contributed by atoms with van der Waals surface area (Å²) >= 11 is 0. The maximum atomic E-state index is 14.1. The number of benzene rings is 1. The van der Waals surface area contributed by atoms with E-state index in [0.29, 0.717) is 17.1 Å². The van der Waals surface area contributed by atoms with Crippen LogP contribution in [-0.2, 0) is 10.5 Å². The molecule has 3 N–H and O–H groups in total. The summed E-state index contributed by atoms with van der Waals surface area (Å²) in [6.45, 7) is 0. The largest absolute Gasteiger partial charge is 0.355 e. The molecule has 1 aromatic heterocycles. The van der Waals surface area contributed by atoms with Gasteiger partial charge in [-0.2, -0.15) is 0 Å². The van der Waals surface area contributed by atoms with E-state index in [0.717, 1.165) is 51.4 Å². The van der Waals surface area contributed by atoms with Gasteiger partial charge < -0.3 is 16.0 Å². The molecule has 2 aromatic rings. The molecule has 0 spiro atoms. The van der Waals surface area contributed by atoms with Gasteiger partial charge in [0.05, 0.1) is 23.0 Å². The van der Waals surface area contributed by atoms with Crippen LogP contribution in [0.1, 0.15) is 69.9 Å².